The van der Waals surface area contributed by atoms with Crippen molar-refractivity contribution in [2.75, 3.05) is 19.8 Å². The minimum absolute atomic E-state index is 0.00863. The van der Waals surface area contributed by atoms with Crippen LogP contribution in [0.25, 0.3) is 0 Å². The normalized spacial score (nSPS) is 13.6. The van der Waals surface area contributed by atoms with Crippen molar-refractivity contribution in [2.24, 2.45) is 0 Å². The van der Waals surface area contributed by atoms with Gasteiger partial charge >= 0.3 is 147 Å². The molecule has 0 aliphatic heterocycles. The molecule has 0 fully saturated rings. The average molecular weight is 361 g/mol. The SMILES string of the molecule is CC[O][Ti]([O]CC)([O]CC)[n]1c(C(C)(C)C)ccc1C(C)(C)C. The van der Waals surface area contributed by atoms with Crippen molar-refractivity contribution in [3.05, 3.63) is 23.5 Å². The van der Waals surface area contributed by atoms with Gasteiger partial charge < -0.3 is 0 Å². The quantitative estimate of drug-likeness (QED) is 0.651. The van der Waals surface area contributed by atoms with Crippen LogP contribution in [0.5, 0.6) is 0 Å². The van der Waals surface area contributed by atoms with Gasteiger partial charge in [0.1, 0.15) is 0 Å². The van der Waals surface area contributed by atoms with Crippen LogP contribution in [-0.2, 0) is 38.8 Å². The molecule has 0 unspecified atom stereocenters. The zero-order valence-corrected chi connectivity index (χ0v) is 18.0. The van der Waals surface area contributed by atoms with Gasteiger partial charge in [0.2, 0.25) is 0 Å². The third-order valence-corrected chi connectivity index (χ3v) is 8.34. The molecule has 0 saturated heterocycles. The van der Waals surface area contributed by atoms with Crippen LogP contribution in [0.2, 0.25) is 0 Å². The van der Waals surface area contributed by atoms with E-state index in [0.717, 1.165) is 0 Å². The summed E-state index contributed by atoms with van der Waals surface area (Å²) in [5.74, 6) is 0. The number of rotatable bonds is 7. The summed E-state index contributed by atoms with van der Waals surface area (Å²) in [5.41, 5.74) is 2.42. The van der Waals surface area contributed by atoms with Crippen LogP contribution in [0.3, 0.4) is 0 Å². The summed E-state index contributed by atoms with van der Waals surface area (Å²) < 4.78 is 21.0. The predicted octanol–water partition coefficient (Wildman–Crippen LogP) is 4.85. The van der Waals surface area contributed by atoms with E-state index in [1.165, 1.54) is 11.4 Å². The summed E-state index contributed by atoms with van der Waals surface area (Å²) in [6, 6.07) is 4.41. The van der Waals surface area contributed by atoms with Gasteiger partial charge in [0.15, 0.2) is 0 Å². The van der Waals surface area contributed by atoms with Crippen molar-refractivity contribution in [1.29, 1.82) is 0 Å². The molecule has 0 saturated carbocycles. The van der Waals surface area contributed by atoms with Crippen LogP contribution in [0.15, 0.2) is 12.1 Å². The van der Waals surface area contributed by atoms with Gasteiger partial charge in [-0.2, -0.15) is 0 Å². The molecule has 0 atom stereocenters. The maximum atomic E-state index is 6.23. The number of nitrogens with zero attached hydrogens (tertiary/aromatic N) is 1. The molecule has 0 aromatic carbocycles. The van der Waals surface area contributed by atoms with Crippen molar-refractivity contribution in [1.82, 2.24) is 3.05 Å². The van der Waals surface area contributed by atoms with Crippen LogP contribution in [0, 0.1) is 0 Å². The predicted molar refractivity (Wildman–Crippen MR) is 92.1 cm³/mol. The Morgan fingerprint density at radius 1 is 0.739 bits per heavy atom. The molecule has 1 rings (SSSR count). The molecule has 0 radical (unpaired) electrons. The van der Waals surface area contributed by atoms with Crippen LogP contribution in [0.4, 0.5) is 0 Å². The molecule has 1 aromatic heterocycles. The maximum absolute atomic E-state index is 6.23. The first-order chi connectivity index (χ1) is 10.5. The van der Waals surface area contributed by atoms with E-state index in [2.05, 4.69) is 56.7 Å². The van der Waals surface area contributed by atoms with Gasteiger partial charge in [-0.1, -0.05) is 0 Å². The van der Waals surface area contributed by atoms with Crippen molar-refractivity contribution in [2.45, 2.75) is 73.1 Å². The molecule has 1 aromatic rings. The Kier molecular flexibility index (Phi) is 7.13. The monoisotopic (exact) mass is 361 g/mol. The standard InChI is InChI=1S/C12H20N.3C2H5O.Ti/c1-11(2,3)9-7-8-10(13-9)12(4,5)6;3*1-2-3;/h7-8H,1-6H3;3*2H2,1H3;/q4*-1;+4. The molecule has 0 amide bonds. The molecule has 23 heavy (non-hydrogen) atoms. The molecule has 0 N–H and O–H groups in total. The van der Waals surface area contributed by atoms with E-state index in [1.807, 2.05) is 20.8 Å². The van der Waals surface area contributed by atoms with E-state index in [4.69, 9.17) is 9.96 Å². The molecule has 5 heteroatoms. The first kappa shape index (κ1) is 20.9. The zero-order chi connectivity index (χ0) is 17.9. The summed E-state index contributed by atoms with van der Waals surface area (Å²) in [6.45, 7) is 21.1. The number of hydrogen-bond acceptors (Lipinski definition) is 3. The van der Waals surface area contributed by atoms with Gasteiger partial charge in [0.25, 0.3) is 0 Å². The van der Waals surface area contributed by atoms with E-state index < -0.39 is 18.0 Å². The van der Waals surface area contributed by atoms with Crippen molar-refractivity contribution >= 4 is 0 Å². The molecule has 134 valence electrons. The Hall–Kier alpha value is -0.126. The van der Waals surface area contributed by atoms with Crippen LogP contribution < -0.4 is 0 Å². The van der Waals surface area contributed by atoms with E-state index in [9.17, 15) is 0 Å². The van der Waals surface area contributed by atoms with Gasteiger partial charge in [0, 0.05) is 0 Å². The van der Waals surface area contributed by atoms with E-state index in [1.54, 1.807) is 0 Å². The van der Waals surface area contributed by atoms with E-state index in [-0.39, 0.29) is 10.8 Å². The van der Waals surface area contributed by atoms with Crippen LogP contribution >= 0.6 is 0 Å². The molecule has 1 heterocycles. The van der Waals surface area contributed by atoms with Crippen molar-refractivity contribution in [3.63, 3.8) is 0 Å². The topological polar surface area (TPSA) is 32.6 Å². The molecular weight excluding hydrogens is 326 g/mol. The van der Waals surface area contributed by atoms with Crippen molar-refractivity contribution in [3.8, 4) is 0 Å². The Bertz CT molecular complexity index is 449. The molecule has 0 bridgehead atoms. The van der Waals surface area contributed by atoms with Gasteiger partial charge in [-0.3, -0.25) is 0 Å². The van der Waals surface area contributed by atoms with E-state index in [0.29, 0.717) is 19.8 Å². The van der Waals surface area contributed by atoms with Crippen LogP contribution in [-0.4, -0.2) is 22.9 Å². The Morgan fingerprint density at radius 2 is 1.04 bits per heavy atom. The molecular formula is C18H35NO3Ti. The second-order valence-corrected chi connectivity index (χ2v) is 11.4. The van der Waals surface area contributed by atoms with E-state index >= 15 is 0 Å². The third-order valence-electron chi connectivity index (χ3n) is 3.67. The number of aromatic nitrogens is 1. The minimum atomic E-state index is -3.64. The third kappa shape index (κ3) is 4.70. The summed E-state index contributed by atoms with van der Waals surface area (Å²) in [4.78, 5) is 0. The van der Waals surface area contributed by atoms with Gasteiger partial charge in [-0.15, -0.1) is 0 Å². The van der Waals surface area contributed by atoms with Crippen molar-refractivity contribution < 1.29 is 28.0 Å². The molecule has 0 aliphatic rings. The van der Waals surface area contributed by atoms with Gasteiger partial charge in [-0.25, -0.2) is 0 Å². The van der Waals surface area contributed by atoms with Crippen LogP contribution in [0.1, 0.15) is 73.7 Å². The average Bonchev–Trinajstić information content (AvgIpc) is 2.84. The fourth-order valence-electron chi connectivity index (χ4n) is 2.77. The summed E-state index contributed by atoms with van der Waals surface area (Å²) >= 11 is -3.64. The number of hydrogen-bond donors (Lipinski definition) is 0. The Morgan fingerprint density at radius 3 is 1.26 bits per heavy atom. The fraction of sp³-hybridized carbons (Fsp3) is 0.778. The summed E-state index contributed by atoms with van der Waals surface area (Å²) in [5, 5.41) is 0. The molecule has 4 nitrogen and oxygen atoms in total. The summed E-state index contributed by atoms with van der Waals surface area (Å²) in [7, 11) is 0. The second-order valence-electron chi connectivity index (χ2n) is 7.76. The fourth-order valence-corrected chi connectivity index (χ4v) is 7.67. The molecule has 0 spiro atoms. The molecule has 0 aliphatic carbocycles. The summed E-state index contributed by atoms with van der Waals surface area (Å²) in [6.07, 6.45) is 0. The van der Waals surface area contributed by atoms with Gasteiger partial charge in [-0.05, 0) is 0 Å². The van der Waals surface area contributed by atoms with Gasteiger partial charge in [0.05, 0.1) is 0 Å². The Labute approximate surface area is 147 Å². The second kappa shape index (κ2) is 7.84. The Balaban J connectivity index is 3.69. The first-order valence-electron chi connectivity index (χ1n) is 8.68. The zero-order valence-electron chi connectivity index (χ0n) is 16.4. The first-order valence-corrected chi connectivity index (χ1v) is 11.3.